The van der Waals surface area contributed by atoms with Crippen LogP contribution in [0.4, 0.5) is 5.69 Å². The van der Waals surface area contributed by atoms with Gasteiger partial charge in [0.15, 0.2) is 0 Å². The van der Waals surface area contributed by atoms with E-state index in [1.54, 1.807) is 12.3 Å². The van der Waals surface area contributed by atoms with Crippen molar-refractivity contribution in [3.05, 3.63) is 23.5 Å². The van der Waals surface area contributed by atoms with E-state index in [1.165, 1.54) is 0 Å². The Morgan fingerprint density at radius 2 is 2.43 bits per heavy atom. The molecule has 0 aliphatic carbocycles. The fraction of sp³-hybridized carbons (Fsp3) is 0.400. The quantitative estimate of drug-likeness (QED) is 0.698. The van der Waals surface area contributed by atoms with E-state index in [1.807, 2.05) is 13.0 Å². The average Bonchev–Trinajstić information content (AvgIpc) is 2.21. The second-order valence-electron chi connectivity index (χ2n) is 3.00. The second kappa shape index (κ2) is 5.20. The molecule has 0 atom stereocenters. The van der Waals surface area contributed by atoms with Crippen molar-refractivity contribution >= 4 is 5.69 Å². The van der Waals surface area contributed by atoms with Gasteiger partial charge in [0, 0.05) is 25.0 Å². The van der Waals surface area contributed by atoms with Crippen molar-refractivity contribution in [2.75, 3.05) is 18.5 Å². The predicted octanol–water partition coefficient (Wildman–Crippen LogP) is 1.06. The van der Waals surface area contributed by atoms with Crippen LogP contribution in [0.25, 0.3) is 0 Å². The maximum atomic E-state index is 8.64. The van der Waals surface area contributed by atoms with Crippen molar-refractivity contribution in [2.24, 2.45) is 0 Å². The summed E-state index contributed by atoms with van der Waals surface area (Å²) >= 11 is 0. The van der Waals surface area contributed by atoms with Gasteiger partial charge in [0.2, 0.25) is 0 Å². The molecule has 4 nitrogen and oxygen atoms in total. The number of pyridine rings is 1. The number of aliphatic hydroxyl groups is 1. The number of hydrogen-bond donors (Lipinski definition) is 2. The molecule has 1 heterocycles. The number of nitrogens with one attached hydrogen (secondary N) is 1. The predicted molar refractivity (Wildman–Crippen MR) is 53.9 cm³/mol. The van der Waals surface area contributed by atoms with Crippen molar-refractivity contribution in [2.45, 2.75) is 13.3 Å². The van der Waals surface area contributed by atoms with Gasteiger partial charge in [-0.3, -0.25) is 0 Å². The Balaban J connectivity index is 2.70. The van der Waals surface area contributed by atoms with Crippen LogP contribution in [0.3, 0.4) is 0 Å². The van der Waals surface area contributed by atoms with Crippen LogP contribution in [0.2, 0.25) is 0 Å². The Morgan fingerprint density at radius 1 is 1.64 bits per heavy atom. The average molecular weight is 191 g/mol. The van der Waals surface area contributed by atoms with E-state index in [2.05, 4.69) is 10.3 Å². The lowest BCUT2D eigenvalue weighted by Crippen LogP contribution is -2.05. The third-order valence-corrected chi connectivity index (χ3v) is 1.87. The Labute approximate surface area is 83.2 Å². The minimum atomic E-state index is 0.169. The molecule has 4 heteroatoms. The number of hydrogen-bond acceptors (Lipinski definition) is 4. The fourth-order valence-electron chi connectivity index (χ4n) is 1.08. The van der Waals surface area contributed by atoms with Crippen LogP contribution in [-0.4, -0.2) is 23.2 Å². The zero-order chi connectivity index (χ0) is 10.4. The Kier molecular flexibility index (Phi) is 3.89. The molecule has 14 heavy (non-hydrogen) atoms. The van der Waals surface area contributed by atoms with Gasteiger partial charge in [-0.25, -0.2) is 4.98 Å². The van der Waals surface area contributed by atoms with Crippen molar-refractivity contribution in [3.63, 3.8) is 0 Å². The molecule has 0 radical (unpaired) electrons. The van der Waals surface area contributed by atoms with Crippen LogP contribution in [0, 0.1) is 18.3 Å². The third kappa shape index (κ3) is 2.71. The second-order valence-corrected chi connectivity index (χ2v) is 3.00. The number of rotatable bonds is 4. The van der Waals surface area contributed by atoms with E-state index < -0.39 is 0 Å². The van der Waals surface area contributed by atoms with Crippen molar-refractivity contribution in [3.8, 4) is 6.07 Å². The molecule has 1 aromatic heterocycles. The van der Waals surface area contributed by atoms with E-state index in [0.29, 0.717) is 18.7 Å². The molecule has 0 aromatic carbocycles. The summed E-state index contributed by atoms with van der Waals surface area (Å²) in [5, 5.41) is 20.4. The molecule has 1 aromatic rings. The molecule has 0 unspecified atom stereocenters. The molecule has 0 saturated carbocycles. The topological polar surface area (TPSA) is 68.9 Å². The first-order valence-electron chi connectivity index (χ1n) is 4.49. The van der Waals surface area contributed by atoms with E-state index in [4.69, 9.17) is 10.4 Å². The third-order valence-electron chi connectivity index (χ3n) is 1.87. The smallest absolute Gasteiger partial charge is 0.142 e. The Hall–Kier alpha value is -1.60. The lowest BCUT2D eigenvalue weighted by Gasteiger charge is -2.07. The minimum Gasteiger partial charge on any atom is -0.396 e. The first-order chi connectivity index (χ1) is 6.77. The monoisotopic (exact) mass is 191 g/mol. The highest BCUT2D eigenvalue weighted by molar-refractivity contribution is 5.52. The highest BCUT2D eigenvalue weighted by atomic mass is 16.3. The molecule has 74 valence electrons. The van der Waals surface area contributed by atoms with Gasteiger partial charge in [-0.2, -0.15) is 5.26 Å². The molecule has 0 saturated heterocycles. The van der Waals surface area contributed by atoms with Crippen molar-refractivity contribution in [1.29, 1.82) is 5.26 Å². The molecule has 0 fully saturated rings. The number of nitriles is 1. The zero-order valence-electron chi connectivity index (χ0n) is 8.12. The van der Waals surface area contributed by atoms with E-state index in [-0.39, 0.29) is 6.61 Å². The van der Waals surface area contributed by atoms with Crippen LogP contribution in [0.1, 0.15) is 17.7 Å². The van der Waals surface area contributed by atoms with Gasteiger partial charge in [0.25, 0.3) is 0 Å². The van der Waals surface area contributed by atoms with Crippen molar-refractivity contribution < 1.29 is 5.11 Å². The number of aliphatic hydroxyl groups excluding tert-OH is 1. The first kappa shape index (κ1) is 10.5. The Bertz CT molecular complexity index is 344. The van der Waals surface area contributed by atoms with E-state index in [0.717, 1.165) is 11.3 Å². The number of nitrogens with zero attached hydrogens (tertiary/aromatic N) is 2. The summed E-state index contributed by atoms with van der Waals surface area (Å²) in [6, 6.07) is 3.70. The maximum Gasteiger partial charge on any atom is 0.142 e. The summed E-state index contributed by atoms with van der Waals surface area (Å²) in [5.41, 5.74) is 2.31. The highest BCUT2D eigenvalue weighted by Gasteiger charge is 1.99. The SMILES string of the molecule is Cc1cnc(C#N)cc1NCCCO. The molecule has 2 N–H and O–H groups in total. The largest absolute Gasteiger partial charge is 0.396 e. The Morgan fingerprint density at radius 3 is 3.07 bits per heavy atom. The van der Waals surface area contributed by atoms with Gasteiger partial charge in [-0.05, 0) is 25.0 Å². The fourth-order valence-corrected chi connectivity index (χ4v) is 1.08. The van der Waals surface area contributed by atoms with Gasteiger partial charge >= 0.3 is 0 Å². The summed E-state index contributed by atoms with van der Waals surface area (Å²) in [6.07, 6.45) is 2.36. The summed E-state index contributed by atoms with van der Waals surface area (Å²) in [4.78, 5) is 3.94. The van der Waals surface area contributed by atoms with Crippen molar-refractivity contribution in [1.82, 2.24) is 4.98 Å². The molecule has 0 spiro atoms. The van der Waals surface area contributed by atoms with Crippen LogP contribution in [-0.2, 0) is 0 Å². The molecular formula is C10H13N3O. The number of aromatic nitrogens is 1. The van der Waals surface area contributed by atoms with E-state index >= 15 is 0 Å². The number of aryl methyl sites for hydroxylation is 1. The molecule has 0 aliphatic rings. The zero-order valence-corrected chi connectivity index (χ0v) is 8.12. The minimum absolute atomic E-state index is 0.169. The molecule has 0 aliphatic heterocycles. The highest BCUT2D eigenvalue weighted by Crippen LogP contribution is 2.13. The molecule has 0 bridgehead atoms. The summed E-state index contributed by atoms with van der Waals surface area (Å²) < 4.78 is 0. The molecular weight excluding hydrogens is 178 g/mol. The maximum absolute atomic E-state index is 8.64. The van der Waals surface area contributed by atoms with Gasteiger partial charge in [-0.1, -0.05) is 0 Å². The number of anilines is 1. The lowest BCUT2D eigenvalue weighted by atomic mass is 10.2. The molecule has 0 amide bonds. The van der Waals surface area contributed by atoms with Gasteiger partial charge < -0.3 is 10.4 Å². The van der Waals surface area contributed by atoms with E-state index in [9.17, 15) is 0 Å². The lowest BCUT2D eigenvalue weighted by molar-refractivity contribution is 0.292. The first-order valence-corrected chi connectivity index (χ1v) is 4.49. The molecule has 1 rings (SSSR count). The normalized spacial score (nSPS) is 9.50. The standard InChI is InChI=1S/C10H13N3O/c1-8-7-13-9(6-11)5-10(8)12-3-2-4-14/h5,7,14H,2-4H2,1H3,(H,12,13). The van der Waals surface area contributed by atoms with Crippen LogP contribution in [0.5, 0.6) is 0 Å². The van der Waals surface area contributed by atoms with Gasteiger partial charge in [0.1, 0.15) is 11.8 Å². The summed E-state index contributed by atoms with van der Waals surface area (Å²) in [5.74, 6) is 0. The van der Waals surface area contributed by atoms with Crippen LogP contribution < -0.4 is 5.32 Å². The van der Waals surface area contributed by atoms with Crippen LogP contribution in [0.15, 0.2) is 12.3 Å². The summed E-state index contributed by atoms with van der Waals surface area (Å²) in [6.45, 7) is 2.80. The van der Waals surface area contributed by atoms with Gasteiger partial charge in [-0.15, -0.1) is 0 Å². The summed E-state index contributed by atoms with van der Waals surface area (Å²) in [7, 11) is 0. The van der Waals surface area contributed by atoms with Gasteiger partial charge in [0.05, 0.1) is 0 Å². The van der Waals surface area contributed by atoms with Crippen LogP contribution >= 0.6 is 0 Å².